The van der Waals surface area contributed by atoms with E-state index in [-0.39, 0.29) is 5.91 Å². The highest BCUT2D eigenvalue weighted by molar-refractivity contribution is 9.10. The van der Waals surface area contributed by atoms with Crippen molar-refractivity contribution >= 4 is 27.5 Å². The molecule has 0 atom stereocenters. The minimum absolute atomic E-state index is 0.0219. The topological polar surface area (TPSA) is 41.1 Å². The van der Waals surface area contributed by atoms with E-state index in [1.165, 1.54) is 5.56 Å². The second-order valence-electron chi connectivity index (χ2n) is 4.52. The largest absolute Gasteiger partial charge is 0.324 e. The summed E-state index contributed by atoms with van der Waals surface area (Å²) in [6.07, 6.45) is 0. The average molecular weight is 299 g/mol. The van der Waals surface area contributed by atoms with Gasteiger partial charge in [-0.2, -0.15) is 0 Å². The second-order valence-corrected chi connectivity index (χ2v) is 5.38. The summed E-state index contributed by atoms with van der Waals surface area (Å²) in [5.41, 5.74) is 3.09. The Bertz CT molecular complexity index is 393. The van der Waals surface area contributed by atoms with Gasteiger partial charge in [-0.1, -0.05) is 19.9 Å². The number of carbonyl (C=O) groups is 1. The van der Waals surface area contributed by atoms with Crippen LogP contribution in [0.15, 0.2) is 16.6 Å². The monoisotopic (exact) mass is 298 g/mol. The average Bonchev–Trinajstić information content (AvgIpc) is 2.20. The van der Waals surface area contributed by atoms with E-state index in [2.05, 4.69) is 32.6 Å². The quantitative estimate of drug-likeness (QED) is 0.897. The predicted octanol–water partition coefficient (Wildman–Crippen LogP) is 3.00. The zero-order valence-electron chi connectivity index (χ0n) is 10.7. The van der Waals surface area contributed by atoms with E-state index in [1.807, 2.05) is 33.8 Å². The highest BCUT2D eigenvalue weighted by atomic mass is 79.9. The Morgan fingerprint density at radius 3 is 2.53 bits per heavy atom. The molecule has 0 bridgehead atoms. The highest BCUT2D eigenvalue weighted by Gasteiger charge is 2.09. The van der Waals surface area contributed by atoms with E-state index in [9.17, 15) is 4.79 Å². The smallest absolute Gasteiger partial charge is 0.238 e. The second kappa shape index (κ2) is 6.17. The first-order valence-electron chi connectivity index (χ1n) is 5.70. The lowest BCUT2D eigenvalue weighted by molar-refractivity contribution is -0.115. The van der Waals surface area contributed by atoms with Gasteiger partial charge in [0.05, 0.1) is 12.2 Å². The maximum absolute atomic E-state index is 11.7. The Balaban J connectivity index is 2.72. The van der Waals surface area contributed by atoms with Crippen LogP contribution in [-0.2, 0) is 4.79 Å². The lowest BCUT2D eigenvalue weighted by atomic mass is 10.1. The van der Waals surface area contributed by atoms with E-state index in [0.717, 1.165) is 15.7 Å². The van der Waals surface area contributed by atoms with E-state index >= 15 is 0 Å². The lowest BCUT2D eigenvalue weighted by Gasteiger charge is -2.13. The van der Waals surface area contributed by atoms with Crippen LogP contribution in [0.25, 0.3) is 0 Å². The van der Waals surface area contributed by atoms with Crippen LogP contribution in [0.4, 0.5) is 5.69 Å². The van der Waals surface area contributed by atoms with Crippen LogP contribution in [0.2, 0.25) is 0 Å². The van der Waals surface area contributed by atoms with Crippen molar-refractivity contribution in [1.82, 2.24) is 5.32 Å². The van der Waals surface area contributed by atoms with Crippen LogP contribution in [0.5, 0.6) is 0 Å². The molecule has 0 radical (unpaired) electrons. The summed E-state index contributed by atoms with van der Waals surface area (Å²) in [5.74, 6) is -0.0219. The molecular weight excluding hydrogens is 280 g/mol. The van der Waals surface area contributed by atoms with Crippen molar-refractivity contribution in [1.29, 1.82) is 0 Å². The summed E-state index contributed by atoms with van der Waals surface area (Å²) in [4.78, 5) is 11.7. The van der Waals surface area contributed by atoms with Gasteiger partial charge in [0.2, 0.25) is 5.91 Å². The molecule has 0 saturated heterocycles. The number of nitrogens with one attached hydrogen (secondary N) is 2. The molecule has 0 fully saturated rings. The fourth-order valence-corrected chi connectivity index (χ4v) is 2.33. The SMILES string of the molecule is Cc1cc(C)c(NC(=O)CNC(C)C)c(Br)c1. The van der Waals surface area contributed by atoms with Crippen molar-refractivity contribution in [2.24, 2.45) is 0 Å². The molecule has 1 rings (SSSR count). The molecule has 0 heterocycles. The Kier molecular flexibility index (Phi) is 5.15. The Morgan fingerprint density at radius 1 is 1.35 bits per heavy atom. The molecule has 3 nitrogen and oxygen atoms in total. The standard InChI is InChI=1S/C13H19BrN2O/c1-8(2)15-7-12(17)16-13-10(4)5-9(3)6-11(13)14/h5-6,8,15H,7H2,1-4H3,(H,16,17). The Labute approximate surface area is 111 Å². The van der Waals surface area contributed by atoms with Gasteiger partial charge >= 0.3 is 0 Å². The van der Waals surface area contributed by atoms with Gasteiger partial charge < -0.3 is 10.6 Å². The summed E-state index contributed by atoms with van der Waals surface area (Å²) in [7, 11) is 0. The van der Waals surface area contributed by atoms with Crippen LogP contribution in [0.1, 0.15) is 25.0 Å². The molecule has 17 heavy (non-hydrogen) atoms. The summed E-state index contributed by atoms with van der Waals surface area (Å²) < 4.78 is 0.924. The molecule has 1 aromatic carbocycles. The molecule has 0 aliphatic rings. The van der Waals surface area contributed by atoms with E-state index in [1.54, 1.807) is 0 Å². The number of halogens is 1. The number of aryl methyl sites for hydroxylation is 2. The van der Waals surface area contributed by atoms with Crippen LogP contribution in [0, 0.1) is 13.8 Å². The molecule has 1 amide bonds. The number of carbonyl (C=O) groups excluding carboxylic acids is 1. The number of benzene rings is 1. The number of hydrogen-bond acceptors (Lipinski definition) is 2. The molecule has 0 spiro atoms. The molecular formula is C13H19BrN2O. The molecule has 0 aromatic heterocycles. The molecule has 0 saturated carbocycles. The number of rotatable bonds is 4. The molecule has 0 unspecified atom stereocenters. The van der Waals surface area contributed by atoms with Gasteiger partial charge in [-0.15, -0.1) is 0 Å². The van der Waals surface area contributed by atoms with Gasteiger partial charge in [-0.05, 0) is 47.0 Å². The van der Waals surface area contributed by atoms with Crippen LogP contribution in [0.3, 0.4) is 0 Å². The third-order valence-electron chi connectivity index (χ3n) is 2.37. The summed E-state index contributed by atoms with van der Waals surface area (Å²) in [5, 5.41) is 6.00. The van der Waals surface area contributed by atoms with E-state index in [4.69, 9.17) is 0 Å². The van der Waals surface area contributed by atoms with Gasteiger partial charge in [0.25, 0.3) is 0 Å². The summed E-state index contributed by atoms with van der Waals surface area (Å²) in [6.45, 7) is 8.38. The fourth-order valence-electron chi connectivity index (χ4n) is 1.55. The summed E-state index contributed by atoms with van der Waals surface area (Å²) >= 11 is 3.47. The third kappa shape index (κ3) is 4.48. The van der Waals surface area contributed by atoms with E-state index < -0.39 is 0 Å². The van der Waals surface area contributed by atoms with Gasteiger partial charge in [0.15, 0.2) is 0 Å². The number of anilines is 1. The minimum Gasteiger partial charge on any atom is -0.324 e. The minimum atomic E-state index is -0.0219. The molecule has 4 heteroatoms. The molecule has 0 aliphatic heterocycles. The first kappa shape index (κ1) is 14.2. The van der Waals surface area contributed by atoms with Crippen molar-refractivity contribution in [2.75, 3.05) is 11.9 Å². The molecule has 0 aliphatic carbocycles. The van der Waals surface area contributed by atoms with Gasteiger partial charge in [0.1, 0.15) is 0 Å². The first-order valence-corrected chi connectivity index (χ1v) is 6.49. The van der Waals surface area contributed by atoms with Crippen LogP contribution >= 0.6 is 15.9 Å². The Hall–Kier alpha value is -0.870. The van der Waals surface area contributed by atoms with Crippen molar-refractivity contribution in [2.45, 2.75) is 33.7 Å². The zero-order valence-corrected chi connectivity index (χ0v) is 12.3. The van der Waals surface area contributed by atoms with Gasteiger partial charge in [0, 0.05) is 10.5 Å². The molecule has 1 aromatic rings. The maximum Gasteiger partial charge on any atom is 0.238 e. The maximum atomic E-state index is 11.7. The van der Waals surface area contributed by atoms with Gasteiger partial charge in [-0.25, -0.2) is 0 Å². The highest BCUT2D eigenvalue weighted by Crippen LogP contribution is 2.27. The lowest BCUT2D eigenvalue weighted by Crippen LogP contribution is -2.32. The zero-order chi connectivity index (χ0) is 13.0. The fraction of sp³-hybridized carbons (Fsp3) is 0.462. The van der Waals surface area contributed by atoms with E-state index in [0.29, 0.717) is 12.6 Å². The van der Waals surface area contributed by atoms with Crippen LogP contribution < -0.4 is 10.6 Å². The molecule has 2 N–H and O–H groups in total. The summed E-state index contributed by atoms with van der Waals surface area (Å²) in [6, 6.07) is 4.36. The molecule has 94 valence electrons. The Morgan fingerprint density at radius 2 is 2.00 bits per heavy atom. The normalized spacial score (nSPS) is 10.7. The van der Waals surface area contributed by atoms with Crippen molar-refractivity contribution in [3.63, 3.8) is 0 Å². The van der Waals surface area contributed by atoms with Gasteiger partial charge in [-0.3, -0.25) is 4.79 Å². The predicted molar refractivity (Wildman–Crippen MR) is 75.4 cm³/mol. The third-order valence-corrected chi connectivity index (χ3v) is 2.99. The van der Waals surface area contributed by atoms with Crippen LogP contribution in [-0.4, -0.2) is 18.5 Å². The number of hydrogen-bond donors (Lipinski definition) is 2. The van der Waals surface area contributed by atoms with Crippen molar-refractivity contribution in [3.05, 3.63) is 27.7 Å². The number of amides is 1. The van der Waals surface area contributed by atoms with Crippen molar-refractivity contribution in [3.8, 4) is 0 Å². The first-order chi connectivity index (χ1) is 7.90. The van der Waals surface area contributed by atoms with Crippen molar-refractivity contribution < 1.29 is 4.79 Å².